The summed E-state index contributed by atoms with van der Waals surface area (Å²) in [6, 6.07) is 10.8. The molecule has 0 saturated carbocycles. The number of nitrogens with one attached hydrogen (secondary N) is 2. The Morgan fingerprint density at radius 1 is 1.12 bits per heavy atom. The largest absolute Gasteiger partial charge is 0.450 e. The molecule has 0 bridgehead atoms. The number of carbonyl (C=O) groups excluding carboxylic acids is 3. The topological polar surface area (TPSA) is 97.4 Å². The minimum atomic E-state index is -0.836. The SMILES string of the molecule is CCOC(=O)NC(=O)c1ccsc1NC(=O)c1cc2ccccc2cn1. The molecule has 0 saturated heterocycles. The molecule has 0 aliphatic heterocycles. The number of amides is 3. The maximum absolute atomic E-state index is 12.5. The van der Waals surface area contributed by atoms with Gasteiger partial charge in [-0.2, -0.15) is 0 Å². The summed E-state index contributed by atoms with van der Waals surface area (Å²) in [7, 11) is 0. The van der Waals surface area contributed by atoms with Crippen molar-refractivity contribution in [2.45, 2.75) is 6.92 Å². The van der Waals surface area contributed by atoms with Gasteiger partial charge in [-0.15, -0.1) is 11.3 Å². The van der Waals surface area contributed by atoms with E-state index in [4.69, 9.17) is 0 Å². The standard InChI is InChI=1S/C18H15N3O4S/c1-2-25-18(24)21-15(22)13-7-8-26-17(13)20-16(23)14-9-11-5-3-4-6-12(11)10-19-14/h3-10H,2H2,1H3,(H,20,23)(H,21,22,24). The van der Waals surface area contributed by atoms with Crippen LogP contribution < -0.4 is 10.6 Å². The van der Waals surface area contributed by atoms with Gasteiger partial charge in [-0.05, 0) is 29.8 Å². The number of fused-ring (bicyclic) bond motifs is 1. The lowest BCUT2D eigenvalue weighted by molar-refractivity contribution is 0.0926. The number of hydrogen-bond donors (Lipinski definition) is 2. The smallest absolute Gasteiger partial charge is 0.414 e. The highest BCUT2D eigenvalue weighted by Crippen LogP contribution is 2.24. The molecule has 0 aliphatic rings. The third kappa shape index (κ3) is 3.86. The molecule has 3 amide bonds. The van der Waals surface area contributed by atoms with Crippen LogP contribution in [0.4, 0.5) is 9.80 Å². The van der Waals surface area contributed by atoms with E-state index in [1.807, 2.05) is 24.3 Å². The van der Waals surface area contributed by atoms with E-state index in [9.17, 15) is 14.4 Å². The Kier molecular flexibility index (Phi) is 5.23. The van der Waals surface area contributed by atoms with E-state index in [0.717, 1.165) is 10.8 Å². The second-order valence-electron chi connectivity index (χ2n) is 5.21. The number of benzene rings is 1. The van der Waals surface area contributed by atoms with Crippen molar-refractivity contribution in [1.82, 2.24) is 10.3 Å². The second-order valence-corrected chi connectivity index (χ2v) is 6.12. The van der Waals surface area contributed by atoms with Gasteiger partial charge in [0.1, 0.15) is 10.7 Å². The number of anilines is 1. The summed E-state index contributed by atoms with van der Waals surface area (Å²) < 4.78 is 4.68. The molecule has 3 rings (SSSR count). The fourth-order valence-corrected chi connectivity index (χ4v) is 3.07. The maximum Gasteiger partial charge on any atom is 0.414 e. The van der Waals surface area contributed by atoms with Crippen LogP contribution in [-0.2, 0) is 4.74 Å². The number of alkyl carbamates (subject to hydrolysis) is 1. The molecular formula is C18H15N3O4S. The monoisotopic (exact) mass is 369 g/mol. The Bertz CT molecular complexity index is 983. The van der Waals surface area contributed by atoms with Gasteiger partial charge in [0, 0.05) is 11.6 Å². The fourth-order valence-electron chi connectivity index (χ4n) is 2.29. The maximum atomic E-state index is 12.5. The highest BCUT2D eigenvalue weighted by atomic mass is 32.1. The zero-order valence-corrected chi connectivity index (χ0v) is 14.6. The lowest BCUT2D eigenvalue weighted by atomic mass is 10.1. The molecule has 0 unspecified atom stereocenters. The van der Waals surface area contributed by atoms with Crippen molar-refractivity contribution in [3.05, 3.63) is 59.2 Å². The van der Waals surface area contributed by atoms with Crippen LogP contribution in [0.1, 0.15) is 27.8 Å². The molecule has 0 spiro atoms. The Morgan fingerprint density at radius 2 is 1.88 bits per heavy atom. The summed E-state index contributed by atoms with van der Waals surface area (Å²) in [6.07, 6.45) is 0.782. The molecule has 0 atom stereocenters. The molecule has 2 aromatic heterocycles. The van der Waals surface area contributed by atoms with Gasteiger partial charge in [0.05, 0.1) is 12.2 Å². The number of pyridine rings is 1. The summed E-state index contributed by atoms with van der Waals surface area (Å²) in [6.45, 7) is 1.79. The van der Waals surface area contributed by atoms with Crippen molar-refractivity contribution in [1.29, 1.82) is 0 Å². The molecule has 0 radical (unpaired) electrons. The Hall–Kier alpha value is -3.26. The molecule has 3 aromatic rings. The third-order valence-corrected chi connectivity index (χ3v) is 4.32. The zero-order valence-electron chi connectivity index (χ0n) is 13.8. The molecule has 2 heterocycles. The Morgan fingerprint density at radius 3 is 2.65 bits per heavy atom. The highest BCUT2D eigenvalue weighted by molar-refractivity contribution is 7.14. The van der Waals surface area contributed by atoms with Crippen LogP contribution in [0.25, 0.3) is 10.8 Å². The normalized spacial score (nSPS) is 10.3. The van der Waals surface area contributed by atoms with Crippen LogP contribution in [0.5, 0.6) is 0 Å². The number of nitrogens with zero attached hydrogens (tertiary/aromatic N) is 1. The van der Waals surface area contributed by atoms with Gasteiger partial charge in [0.25, 0.3) is 11.8 Å². The molecule has 132 valence electrons. The average molecular weight is 369 g/mol. The van der Waals surface area contributed by atoms with Gasteiger partial charge in [-0.3, -0.25) is 19.9 Å². The number of aromatic nitrogens is 1. The van der Waals surface area contributed by atoms with E-state index < -0.39 is 17.9 Å². The van der Waals surface area contributed by atoms with Crippen molar-refractivity contribution < 1.29 is 19.1 Å². The molecule has 2 N–H and O–H groups in total. The molecule has 1 aromatic carbocycles. The summed E-state index contributed by atoms with van der Waals surface area (Å²) >= 11 is 1.17. The Balaban J connectivity index is 1.76. The number of rotatable bonds is 4. The summed E-state index contributed by atoms with van der Waals surface area (Å²) in [5.41, 5.74) is 0.408. The van der Waals surface area contributed by atoms with Gasteiger partial charge in [-0.1, -0.05) is 24.3 Å². The van der Waals surface area contributed by atoms with Crippen LogP contribution in [0.3, 0.4) is 0 Å². The van der Waals surface area contributed by atoms with E-state index in [2.05, 4.69) is 20.4 Å². The van der Waals surface area contributed by atoms with E-state index in [1.54, 1.807) is 24.6 Å². The van der Waals surface area contributed by atoms with Crippen LogP contribution >= 0.6 is 11.3 Å². The minimum Gasteiger partial charge on any atom is -0.450 e. The quantitative estimate of drug-likeness (QED) is 0.734. The van der Waals surface area contributed by atoms with Crippen LogP contribution in [0.15, 0.2) is 48.0 Å². The molecule has 8 heteroatoms. The van der Waals surface area contributed by atoms with Gasteiger partial charge >= 0.3 is 6.09 Å². The van der Waals surface area contributed by atoms with Crippen molar-refractivity contribution in [2.75, 3.05) is 11.9 Å². The van der Waals surface area contributed by atoms with E-state index >= 15 is 0 Å². The molecule has 0 aliphatic carbocycles. The first-order valence-electron chi connectivity index (χ1n) is 7.80. The first kappa shape index (κ1) is 17.6. The van der Waals surface area contributed by atoms with Crippen molar-refractivity contribution in [3.8, 4) is 0 Å². The fraction of sp³-hybridized carbons (Fsp3) is 0.111. The number of imide groups is 1. The van der Waals surface area contributed by atoms with E-state index in [1.165, 1.54) is 17.4 Å². The number of ether oxygens (including phenoxy) is 1. The van der Waals surface area contributed by atoms with Gasteiger partial charge in [0.15, 0.2) is 0 Å². The number of hydrogen-bond acceptors (Lipinski definition) is 6. The average Bonchev–Trinajstić information content (AvgIpc) is 3.09. The van der Waals surface area contributed by atoms with Crippen LogP contribution in [0, 0.1) is 0 Å². The highest BCUT2D eigenvalue weighted by Gasteiger charge is 2.18. The van der Waals surface area contributed by atoms with Gasteiger partial charge in [-0.25, -0.2) is 4.79 Å². The minimum absolute atomic E-state index is 0.153. The van der Waals surface area contributed by atoms with Gasteiger partial charge < -0.3 is 10.1 Å². The van der Waals surface area contributed by atoms with Crippen LogP contribution in [-0.4, -0.2) is 29.5 Å². The van der Waals surface area contributed by atoms with Crippen molar-refractivity contribution >= 4 is 45.0 Å². The molecular weight excluding hydrogens is 354 g/mol. The van der Waals surface area contributed by atoms with Gasteiger partial charge in [0.2, 0.25) is 0 Å². The predicted octanol–water partition coefficient (Wildman–Crippen LogP) is 3.43. The van der Waals surface area contributed by atoms with E-state index in [0.29, 0.717) is 5.00 Å². The summed E-state index contributed by atoms with van der Waals surface area (Å²) in [4.78, 5) is 40.1. The summed E-state index contributed by atoms with van der Waals surface area (Å²) in [5, 5.41) is 8.54. The molecule has 26 heavy (non-hydrogen) atoms. The van der Waals surface area contributed by atoms with Crippen molar-refractivity contribution in [2.24, 2.45) is 0 Å². The first-order valence-corrected chi connectivity index (χ1v) is 8.68. The number of thiophene rings is 1. The zero-order chi connectivity index (χ0) is 18.5. The van der Waals surface area contributed by atoms with Crippen LogP contribution in [0.2, 0.25) is 0 Å². The Labute approximate surface area is 153 Å². The van der Waals surface area contributed by atoms with Crippen molar-refractivity contribution in [3.63, 3.8) is 0 Å². The van der Waals surface area contributed by atoms with E-state index in [-0.39, 0.29) is 17.9 Å². The predicted molar refractivity (Wildman–Crippen MR) is 98.5 cm³/mol. The lowest BCUT2D eigenvalue weighted by Crippen LogP contribution is -2.31. The first-order chi connectivity index (χ1) is 12.6. The molecule has 0 fully saturated rings. The lowest BCUT2D eigenvalue weighted by Gasteiger charge is -2.07. The second kappa shape index (κ2) is 7.75. The number of carbonyl (C=O) groups is 3. The third-order valence-electron chi connectivity index (χ3n) is 3.49. The summed E-state index contributed by atoms with van der Waals surface area (Å²) in [5.74, 6) is -1.09. The molecule has 7 nitrogen and oxygen atoms in total.